The molecule has 1 aliphatic heterocycles. The second-order valence-corrected chi connectivity index (χ2v) is 6.66. The lowest BCUT2D eigenvalue weighted by atomic mass is 9.93. The summed E-state index contributed by atoms with van der Waals surface area (Å²) in [6.45, 7) is 3.52. The maximum absolute atomic E-state index is 12.2. The van der Waals surface area contributed by atoms with Crippen LogP contribution in [0.15, 0.2) is 0 Å². The smallest absolute Gasteiger partial charge is 0.306 e. The van der Waals surface area contributed by atoms with Gasteiger partial charge in [0.1, 0.15) is 0 Å². The Labute approximate surface area is 107 Å². The first-order valence-corrected chi connectivity index (χ1v) is 7.48. The van der Waals surface area contributed by atoms with Crippen LogP contribution in [-0.2, 0) is 14.8 Å². The van der Waals surface area contributed by atoms with E-state index in [9.17, 15) is 13.2 Å². The summed E-state index contributed by atoms with van der Waals surface area (Å²) in [5.74, 6) is -1.38. The van der Waals surface area contributed by atoms with Crippen molar-refractivity contribution in [3.05, 3.63) is 0 Å². The fourth-order valence-electron chi connectivity index (χ4n) is 2.28. The van der Waals surface area contributed by atoms with Crippen LogP contribution in [0.2, 0.25) is 0 Å². The molecule has 1 aliphatic rings. The molecule has 1 heterocycles. The molecule has 0 saturated carbocycles. The van der Waals surface area contributed by atoms with Crippen LogP contribution in [0.1, 0.15) is 33.1 Å². The van der Waals surface area contributed by atoms with Gasteiger partial charge in [0.15, 0.2) is 5.25 Å². The molecule has 18 heavy (non-hydrogen) atoms. The molecule has 0 amide bonds. The number of nitrogens with zero attached hydrogens (tertiary/aromatic N) is 2. The van der Waals surface area contributed by atoms with E-state index in [0.717, 1.165) is 0 Å². The highest BCUT2D eigenvalue weighted by atomic mass is 32.2. The number of rotatable bonds is 4. The summed E-state index contributed by atoms with van der Waals surface area (Å²) in [6.07, 6.45) is 0.849. The molecule has 1 N–H and O–H groups in total. The molecule has 0 aromatic heterocycles. The van der Waals surface area contributed by atoms with E-state index < -0.39 is 27.2 Å². The summed E-state index contributed by atoms with van der Waals surface area (Å²) in [6, 6.07) is 1.43. The minimum absolute atomic E-state index is 0.179. The Hall–Kier alpha value is -1.13. The molecule has 6 nitrogen and oxygen atoms in total. The van der Waals surface area contributed by atoms with Crippen molar-refractivity contribution in [2.24, 2.45) is 5.92 Å². The number of carboxylic acid groups (broad SMARTS) is 1. The molecule has 0 radical (unpaired) electrons. The molecule has 1 saturated heterocycles. The molecule has 0 bridgehead atoms. The molecule has 0 spiro atoms. The molecule has 3 atom stereocenters. The van der Waals surface area contributed by atoms with Crippen molar-refractivity contribution < 1.29 is 18.3 Å². The highest BCUT2D eigenvalue weighted by molar-refractivity contribution is 7.90. The van der Waals surface area contributed by atoms with E-state index in [1.807, 2.05) is 0 Å². The topological polar surface area (TPSA) is 98.5 Å². The first-order valence-electron chi connectivity index (χ1n) is 5.97. The Morgan fingerprint density at radius 2 is 2.22 bits per heavy atom. The number of hydrogen-bond donors (Lipinski definition) is 1. The van der Waals surface area contributed by atoms with E-state index in [1.54, 1.807) is 19.9 Å². The highest BCUT2D eigenvalue weighted by Gasteiger charge is 2.39. The van der Waals surface area contributed by atoms with Crippen molar-refractivity contribution in [1.82, 2.24) is 4.31 Å². The number of hydrogen-bond acceptors (Lipinski definition) is 4. The van der Waals surface area contributed by atoms with Crippen LogP contribution >= 0.6 is 0 Å². The lowest BCUT2D eigenvalue weighted by Gasteiger charge is -2.36. The van der Waals surface area contributed by atoms with Gasteiger partial charge >= 0.3 is 5.97 Å². The molecule has 1 rings (SSSR count). The van der Waals surface area contributed by atoms with Crippen LogP contribution in [0.4, 0.5) is 0 Å². The third-order valence-electron chi connectivity index (χ3n) is 3.37. The second-order valence-electron chi connectivity index (χ2n) is 4.59. The van der Waals surface area contributed by atoms with E-state index in [-0.39, 0.29) is 19.0 Å². The Kier molecular flexibility index (Phi) is 4.71. The summed E-state index contributed by atoms with van der Waals surface area (Å²) in [5.41, 5.74) is 0. The fraction of sp³-hybridized carbons (Fsp3) is 0.818. The van der Waals surface area contributed by atoms with Crippen molar-refractivity contribution in [3.8, 4) is 6.07 Å². The van der Waals surface area contributed by atoms with Crippen LogP contribution in [0, 0.1) is 17.2 Å². The molecule has 7 heteroatoms. The minimum atomic E-state index is -3.64. The van der Waals surface area contributed by atoms with Gasteiger partial charge in [-0.3, -0.25) is 4.79 Å². The molecular formula is C11H18N2O4S. The third-order valence-corrected chi connectivity index (χ3v) is 5.72. The fourth-order valence-corrected chi connectivity index (χ4v) is 4.11. The van der Waals surface area contributed by atoms with E-state index >= 15 is 0 Å². The Morgan fingerprint density at radius 3 is 2.61 bits per heavy atom. The first kappa shape index (κ1) is 14.9. The van der Waals surface area contributed by atoms with Crippen molar-refractivity contribution in [2.45, 2.75) is 44.4 Å². The Balaban J connectivity index is 2.87. The average molecular weight is 274 g/mol. The second kappa shape index (κ2) is 5.67. The van der Waals surface area contributed by atoms with Gasteiger partial charge in [0, 0.05) is 12.6 Å². The highest BCUT2D eigenvalue weighted by Crippen LogP contribution is 2.27. The maximum Gasteiger partial charge on any atom is 0.306 e. The van der Waals surface area contributed by atoms with Crippen molar-refractivity contribution in [3.63, 3.8) is 0 Å². The molecule has 0 aliphatic carbocycles. The van der Waals surface area contributed by atoms with Gasteiger partial charge in [-0.25, -0.2) is 8.42 Å². The first-order chi connectivity index (χ1) is 8.34. The zero-order valence-electron chi connectivity index (χ0n) is 10.5. The molecule has 3 unspecified atom stereocenters. The SMILES string of the molecule is CCC(C#N)S(=O)(=O)N1CCC(C(=O)O)CC1C. The van der Waals surface area contributed by atoms with Gasteiger partial charge in [-0.2, -0.15) is 9.57 Å². The standard InChI is InChI=1S/C11H18N2O4S/c1-3-10(7-12)18(16,17)13-5-4-9(11(14)15)6-8(13)2/h8-10H,3-6H2,1-2H3,(H,14,15). The summed E-state index contributed by atoms with van der Waals surface area (Å²) < 4.78 is 25.7. The van der Waals surface area contributed by atoms with Crippen molar-refractivity contribution >= 4 is 16.0 Å². The van der Waals surface area contributed by atoms with Crippen molar-refractivity contribution in [2.75, 3.05) is 6.54 Å². The van der Waals surface area contributed by atoms with Gasteiger partial charge in [-0.15, -0.1) is 0 Å². The summed E-state index contributed by atoms with van der Waals surface area (Å²) >= 11 is 0. The van der Waals surface area contributed by atoms with E-state index in [4.69, 9.17) is 10.4 Å². The number of carbonyl (C=O) groups is 1. The lowest BCUT2D eigenvalue weighted by Crippen LogP contribution is -2.49. The molecule has 1 fully saturated rings. The quantitative estimate of drug-likeness (QED) is 0.817. The van der Waals surface area contributed by atoms with Crippen LogP contribution in [-0.4, -0.2) is 41.6 Å². The van der Waals surface area contributed by atoms with E-state index in [2.05, 4.69) is 0 Å². The number of sulfonamides is 1. The third kappa shape index (κ3) is 2.82. The summed E-state index contributed by atoms with van der Waals surface area (Å²) in [5, 5.41) is 16.8. The monoisotopic (exact) mass is 274 g/mol. The van der Waals surface area contributed by atoms with Gasteiger partial charge in [0.05, 0.1) is 12.0 Å². The average Bonchev–Trinajstić information content (AvgIpc) is 2.29. The molecular weight excluding hydrogens is 256 g/mol. The van der Waals surface area contributed by atoms with Gasteiger partial charge in [0.25, 0.3) is 0 Å². The van der Waals surface area contributed by atoms with Gasteiger partial charge in [-0.05, 0) is 26.2 Å². The predicted octanol–water partition coefficient (Wildman–Crippen LogP) is 0.803. The Morgan fingerprint density at radius 1 is 1.61 bits per heavy atom. The predicted molar refractivity (Wildman–Crippen MR) is 65.1 cm³/mol. The Bertz CT molecular complexity index is 454. The summed E-state index contributed by atoms with van der Waals surface area (Å²) in [4.78, 5) is 10.9. The normalized spacial score (nSPS) is 27.4. The molecule has 0 aromatic rings. The largest absolute Gasteiger partial charge is 0.481 e. The minimum Gasteiger partial charge on any atom is -0.481 e. The lowest BCUT2D eigenvalue weighted by molar-refractivity contribution is -0.143. The van der Waals surface area contributed by atoms with Crippen LogP contribution < -0.4 is 0 Å². The number of carboxylic acids is 1. The summed E-state index contributed by atoms with van der Waals surface area (Å²) in [7, 11) is -3.64. The number of aliphatic carboxylic acids is 1. The molecule has 0 aromatic carbocycles. The molecule has 102 valence electrons. The van der Waals surface area contributed by atoms with Gasteiger partial charge in [0.2, 0.25) is 10.0 Å². The van der Waals surface area contributed by atoms with E-state index in [1.165, 1.54) is 4.31 Å². The van der Waals surface area contributed by atoms with Gasteiger partial charge < -0.3 is 5.11 Å². The maximum atomic E-state index is 12.2. The van der Waals surface area contributed by atoms with Gasteiger partial charge in [-0.1, -0.05) is 6.92 Å². The van der Waals surface area contributed by atoms with Crippen molar-refractivity contribution in [1.29, 1.82) is 5.26 Å². The van der Waals surface area contributed by atoms with Crippen LogP contribution in [0.25, 0.3) is 0 Å². The van der Waals surface area contributed by atoms with E-state index in [0.29, 0.717) is 12.8 Å². The van der Waals surface area contributed by atoms with Crippen LogP contribution in [0.5, 0.6) is 0 Å². The zero-order chi connectivity index (χ0) is 13.9. The number of piperidine rings is 1. The number of nitriles is 1. The van der Waals surface area contributed by atoms with Crippen LogP contribution in [0.3, 0.4) is 0 Å². The zero-order valence-corrected chi connectivity index (χ0v) is 11.4.